The first-order valence-corrected chi connectivity index (χ1v) is 6.40. The van der Waals surface area contributed by atoms with Crippen LogP contribution in [0.1, 0.15) is 34.5 Å². The molecule has 0 aliphatic carbocycles. The van der Waals surface area contributed by atoms with Gasteiger partial charge < -0.3 is 5.32 Å². The molecule has 0 saturated heterocycles. The molecule has 1 unspecified atom stereocenters. The molecule has 0 fully saturated rings. The van der Waals surface area contributed by atoms with Gasteiger partial charge in [0.1, 0.15) is 0 Å². The Labute approximate surface area is 117 Å². The van der Waals surface area contributed by atoms with Crippen LogP contribution >= 0.6 is 11.6 Å². The Hall–Kier alpha value is -1.81. The molecule has 2 aromatic rings. The highest BCUT2D eigenvalue weighted by molar-refractivity contribution is 6.33. The maximum atomic E-state index is 12.1. The highest BCUT2D eigenvalue weighted by Gasteiger charge is 2.15. The molecule has 1 N–H and O–H groups in total. The fourth-order valence-electron chi connectivity index (χ4n) is 1.83. The van der Waals surface area contributed by atoms with Crippen LogP contribution < -0.4 is 5.32 Å². The zero-order valence-electron chi connectivity index (χ0n) is 11.1. The zero-order valence-corrected chi connectivity index (χ0v) is 11.9. The van der Waals surface area contributed by atoms with Crippen molar-refractivity contribution in [3.8, 4) is 0 Å². The number of carbonyl (C=O) groups excluding carboxylic acids is 1. The molecule has 0 radical (unpaired) electrons. The van der Waals surface area contributed by atoms with E-state index in [0.29, 0.717) is 10.6 Å². The van der Waals surface area contributed by atoms with E-state index in [1.165, 1.54) is 0 Å². The SMILES string of the molecule is Cc1ccc(C(=O)NC(C)c2cnn(C)c2)c(Cl)c1. The molecule has 1 atom stereocenters. The number of amides is 1. The van der Waals surface area contributed by atoms with Crippen molar-refractivity contribution in [3.05, 3.63) is 52.3 Å². The van der Waals surface area contributed by atoms with E-state index in [-0.39, 0.29) is 11.9 Å². The van der Waals surface area contributed by atoms with Crippen LogP contribution in [-0.4, -0.2) is 15.7 Å². The van der Waals surface area contributed by atoms with Gasteiger partial charge in [0.05, 0.1) is 22.8 Å². The van der Waals surface area contributed by atoms with Gasteiger partial charge in [-0.3, -0.25) is 9.48 Å². The number of carbonyl (C=O) groups is 1. The lowest BCUT2D eigenvalue weighted by atomic mass is 10.1. The maximum Gasteiger partial charge on any atom is 0.253 e. The number of hydrogen-bond donors (Lipinski definition) is 1. The highest BCUT2D eigenvalue weighted by Crippen LogP contribution is 2.19. The van der Waals surface area contributed by atoms with Gasteiger partial charge in [-0.05, 0) is 31.5 Å². The minimum atomic E-state index is -0.179. The van der Waals surface area contributed by atoms with Gasteiger partial charge in [0.25, 0.3) is 5.91 Å². The van der Waals surface area contributed by atoms with E-state index in [0.717, 1.165) is 11.1 Å². The standard InChI is InChI=1S/C14H16ClN3O/c1-9-4-5-12(13(15)6-9)14(19)17-10(2)11-7-16-18(3)8-11/h4-8,10H,1-3H3,(H,17,19). The van der Waals surface area contributed by atoms with E-state index >= 15 is 0 Å². The summed E-state index contributed by atoms with van der Waals surface area (Å²) in [7, 11) is 1.84. The molecule has 5 heteroatoms. The largest absolute Gasteiger partial charge is 0.345 e. The van der Waals surface area contributed by atoms with E-state index in [2.05, 4.69) is 10.4 Å². The summed E-state index contributed by atoms with van der Waals surface area (Å²) in [6, 6.07) is 5.28. The number of aromatic nitrogens is 2. The van der Waals surface area contributed by atoms with Crippen LogP contribution in [0.15, 0.2) is 30.6 Å². The van der Waals surface area contributed by atoms with E-state index in [1.54, 1.807) is 23.0 Å². The van der Waals surface area contributed by atoms with Crippen molar-refractivity contribution in [2.45, 2.75) is 19.9 Å². The summed E-state index contributed by atoms with van der Waals surface area (Å²) in [5, 5.41) is 7.46. The maximum absolute atomic E-state index is 12.1. The van der Waals surface area contributed by atoms with Gasteiger partial charge >= 0.3 is 0 Å². The fraction of sp³-hybridized carbons (Fsp3) is 0.286. The smallest absolute Gasteiger partial charge is 0.253 e. The molecule has 1 heterocycles. The Bertz CT molecular complexity index is 606. The number of rotatable bonds is 3. The Morgan fingerprint density at radius 2 is 2.21 bits per heavy atom. The van der Waals surface area contributed by atoms with Crippen LogP contribution in [0.25, 0.3) is 0 Å². The van der Waals surface area contributed by atoms with Gasteiger partial charge in [-0.15, -0.1) is 0 Å². The Morgan fingerprint density at radius 3 is 2.79 bits per heavy atom. The lowest BCUT2D eigenvalue weighted by Crippen LogP contribution is -2.26. The number of nitrogens with one attached hydrogen (secondary N) is 1. The lowest BCUT2D eigenvalue weighted by Gasteiger charge is -2.13. The van der Waals surface area contributed by atoms with Gasteiger partial charge in [-0.25, -0.2) is 0 Å². The predicted octanol–water partition coefficient (Wildman–Crippen LogP) is 2.87. The van der Waals surface area contributed by atoms with Crippen LogP contribution in [0.2, 0.25) is 5.02 Å². The molecule has 1 aromatic carbocycles. The van der Waals surface area contributed by atoms with Crippen molar-refractivity contribution >= 4 is 17.5 Å². The molecule has 0 saturated carbocycles. The third kappa shape index (κ3) is 3.15. The van der Waals surface area contributed by atoms with Gasteiger partial charge in [0.15, 0.2) is 0 Å². The van der Waals surface area contributed by atoms with Gasteiger partial charge in [-0.2, -0.15) is 5.10 Å². The average Bonchev–Trinajstić information content (AvgIpc) is 2.75. The molecule has 1 amide bonds. The molecule has 0 bridgehead atoms. The monoisotopic (exact) mass is 277 g/mol. The molecule has 19 heavy (non-hydrogen) atoms. The van der Waals surface area contributed by atoms with Crippen LogP contribution in [0.3, 0.4) is 0 Å². The summed E-state index contributed by atoms with van der Waals surface area (Å²) in [4.78, 5) is 12.1. The van der Waals surface area contributed by atoms with E-state index in [4.69, 9.17) is 11.6 Å². The van der Waals surface area contributed by atoms with Crippen molar-refractivity contribution in [2.24, 2.45) is 7.05 Å². The van der Waals surface area contributed by atoms with Crippen molar-refractivity contribution < 1.29 is 4.79 Å². The lowest BCUT2D eigenvalue weighted by molar-refractivity contribution is 0.0940. The van der Waals surface area contributed by atoms with Crippen LogP contribution in [0.4, 0.5) is 0 Å². The summed E-state index contributed by atoms with van der Waals surface area (Å²) >= 11 is 6.08. The number of halogens is 1. The second-order valence-electron chi connectivity index (χ2n) is 4.63. The summed E-state index contributed by atoms with van der Waals surface area (Å²) in [5.41, 5.74) is 2.48. The molecule has 100 valence electrons. The number of hydrogen-bond acceptors (Lipinski definition) is 2. The highest BCUT2D eigenvalue weighted by atomic mass is 35.5. The normalized spacial score (nSPS) is 12.2. The number of aryl methyl sites for hydroxylation is 2. The Balaban J connectivity index is 2.12. The van der Waals surface area contributed by atoms with Crippen LogP contribution in [0, 0.1) is 6.92 Å². The third-order valence-electron chi connectivity index (χ3n) is 2.94. The summed E-state index contributed by atoms with van der Waals surface area (Å²) in [5.74, 6) is -0.179. The Morgan fingerprint density at radius 1 is 1.47 bits per heavy atom. The molecular weight excluding hydrogens is 262 g/mol. The minimum Gasteiger partial charge on any atom is -0.345 e. The topological polar surface area (TPSA) is 46.9 Å². The van der Waals surface area contributed by atoms with Crippen molar-refractivity contribution in [1.29, 1.82) is 0 Å². The quantitative estimate of drug-likeness (QED) is 0.938. The van der Waals surface area contributed by atoms with Crippen molar-refractivity contribution in [1.82, 2.24) is 15.1 Å². The molecule has 0 aliphatic heterocycles. The second kappa shape index (κ2) is 5.45. The zero-order chi connectivity index (χ0) is 14.0. The third-order valence-corrected chi connectivity index (χ3v) is 3.25. The molecule has 4 nitrogen and oxygen atoms in total. The molecule has 0 spiro atoms. The van der Waals surface area contributed by atoms with Crippen LogP contribution in [0.5, 0.6) is 0 Å². The van der Waals surface area contributed by atoms with Gasteiger partial charge in [0, 0.05) is 18.8 Å². The first-order chi connectivity index (χ1) is 8.97. The molecular formula is C14H16ClN3O. The fourth-order valence-corrected chi connectivity index (χ4v) is 2.15. The van der Waals surface area contributed by atoms with E-state index in [9.17, 15) is 4.79 Å². The first-order valence-electron chi connectivity index (χ1n) is 6.03. The number of benzene rings is 1. The van der Waals surface area contributed by atoms with Crippen molar-refractivity contribution in [2.75, 3.05) is 0 Å². The van der Waals surface area contributed by atoms with E-state index in [1.807, 2.05) is 33.2 Å². The average molecular weight is 278 g/mol. The predicted molar refractivity (Wildman–Crippen MR) is 75.3 cm³/mol. The number of nitrogens with zero attached hydrogens (tertiary/aromatic N) is 2. The first kappa shape index (κ1) is 13.6. The summed E-state index contributed by atoms with van der Waals surface area (Å²) in [6.45, 7) is 3.85. The molecule has 1 aromatic heterocycles. The van der Waals surface area contributed by atoms with E-state index < -0.39 is 0 Å². The Kier molecular flexibility index (Phi) is 3.90. The molecule has 2 rings (SSSR count). The second-order valence-corrected chi connectivity index (χ2v) is 5.03. The minimum absolute atomic E-state index is 0.112. The van der Waals surface area contributed by atoms with Gasteiger partial charge in [0.2, 0.25) is 0 Å². The van der Waals surface area contributed by atoms with Gasteiger partial charge in [-0.1, -0.05) is 17.7 Å². The summed E-state index contributed by atoms with van der Waals surface area (Å²) in [6.07, 6.45) is 3.61. The van der Waals surface area contributed by atoms with Crippen LogP contribution in [-0.2, 0) is 7.05 Å². The summed E-state index contributed by atoms with van der Waals surface area (Å²) < 4.78 is 1.71. The van der Waals surface area contributed by atoms with Crippen molar-refractivity contribution in [3.63, 3.8) is 0 Å². The molecule has 0 aliphatic rings.